The van der Waals surface area contributed by atoms with Gasteiger partial charge < -0.3 is 14.6 Å². The van der Waals surface area contributed by atoms with E-state index in [-0.39, 0.29) is 17.5 Å². The molecule has 6 rings (SSSR count). The molecule has 4 nitrogen and oxygen atoms in total. The Balaban J connectivity index is 1.55. The first-order valence-corrected chi connectivity index (χ1v) is 13.2. The molecular formula is C32H24F2N2O2S. The van der Waals surface area contributed by atoms with Crippen molar-refractivity contribution in [3.63, 3.8) is 0 Å². The number of halogens is 2. The molecule has 0 aliphatic rings. The van der Waals surface area contributed by atoms with Gasteiger partial charge in [-0.3, -0.25) is 4.79 Å². The number of nitrogens with one attached hydrogen (secondary N) is 1. The molecule has 0 fully saturated rings. The van der Waals surface area contributed by atoms with Crippen LogP contribution in [0.15, 0.2) is 89.3 Å². The Kier molecular flexibility index (Phi) is 6.16. The summed E-state index contributed by atoms with van der Waals surface area (Å²) in [7, 11) is 5.47. The number of hydrogen-bond donors (Lipinski definition) is 1. The van der Waals surface area contributed by atoms with Crippen LogP contribution in [0.4, 0.5) is 14.5 Å². The van der Waals surface area contributed by atoms with E-state index in [9.17, 15) is 13.6 Å². The van der Waals surface area contributed by atoms with Gasteiger partial charge in [0.2, 0.25) is 0 Å². The second-order valence-electron chi connectivity index (χ2n) is 9.50. The lowest BCUT2D eigenvalue weighted by atomic mass is 9.96. The van der Waals surface area contributed by atoms with Gasteiger partial charge in [0.25, 0.3) is 5.91 Å². The van der Waals surface area contributed by atoms with Crippen molar-refractivity contribution in [2.75, 3.05) is 26.0 Å². The van der Waals surface area contributed by atoms with Gasteiger partial charge in [-0.15, -0.1) is 11.3 Å². The lowest BCUT2D eigenvalue weighted by molar-refractivity contribution is 0.0964. The number of amides is 1. The molecule has 2 aromatic heterocycles. The van der Waals surface area contributed by atoms with Gasteiger partial charge in [-0.1, -0.05) is 24.3 Å². The van der Waals surface area contributed by atoms with Crippen LogP contribution < -0.4 is 10.2 Å². The first-order chi connectivity index (χ1) is 18.8. The quantitative estimate of drug-likeness (QED) is 0.240. The van der Waals surface area contributed by atoms with Crippen LogP contribution in [0, 0.1) is 11.6 Å². The standard InChI is InChI=1S/C32H24F2N2O2S/c1-35-32(37)30-24-15-22(26(36(2)3)17-27(24)38-31(30)18-10-12-21(33)13-11-18)19-6-4-7-20(14-19)29-16-23-25(34)8-5-9-28(23)39-29/h4-17H,1-3H3,(H,35,37). The predicted molar refractivity (Wildman–Crippen MR) is 156 cm³/mol. The maximum Gasteiger partial charge on any atom is 0.255 e. The zero-order chi connectivity index (χ0) is 27.3. The number of anilines is 1. The molecule has 0 atom stereocenters. The average Bonchev–Trinajstić information content (AvgIpc) is 3.55. The van der Waals surface area contributed by atoms with Crippen LogP contribution in [0.25, 0.3) is 53.9 Å². The fraction of sp³-hybridized carbons (Fsp3) is 0.0938. The molecule has 194 valence electrons. The van der Waals surface area contributed by atoms with Crippen LogP contribution in [-0.2, 0) is 0 Å². The van der Waals surface area contributed by atoms with E-state index in [0.29, 0.717) is 33.2 Å². The van der Waals surface area contributed by atoms with E-state index in [1.807, 2.05) is 61.5 Å². The average molecular weight is 539 g/mol. The summed E-state index contributed by atoms with van der Waals surface area (Å²) < 4.78 is 35.1. The lowest BCUT2D eigenvalue weighted by Crippen LogP contribution is -2.18. The van der Waals surface area contributed by atoms with Crippen molar-refractivity contribution in [1.29, 1.82) is 0 Å². The van der Waals surface area contributed by atoms with Crippen molar-refractivity contribution in [2.45, 2.75) is 0 Å². The van der Waals surface area contributed by atoms with Crippen molar-refractivity contribution in [2.24, 2.45) is 0 Å². The Morgan fingerprint density at radius 1 is 0.846 bits per heavy atom. The molecule has 2 heterocycles. The molecular weight excluding hydrogens is 514 g/mol. The molecule has 1 amide bonds. The molecule has 4 aromatic carbocycles. The highest BCUT2D eigenvalue weighted by molar-refractivity contribution is 7.22. The number of thiophene rings is 1. The van der Waals surface area contributed by atoms with Crippen molar-refractivity contribution in [3.8, 4) is 32.9 Å². The monoisotopic (exact) mass is 538 g/mol. The van der Waals surface area contributed by atoms with Crippen molar-refractivity contribution in [1.82, 2.24) is 5.32 Å². The highest BCUT2D eigenvalue weighted by Crippen LogP contribution is 2.42. The molecule has 39 heavy (non-hydrogen) atoms. The molecule has 0 saturated heterocycles. The van der Waals surface area contributed by atoms with Crippen molar-refractivity contribution < 1.29 is 18.0 Å². The minimum Gasteiger partial charge on any atom is -0.455 e. The molecule has 0 radical (unpaired) electrons. The third-order valence-electron chi connectivity index (χ3n) is 6.82. The highest BCUT2D eigenvalue weighted by atomic mass is 32.1. The summed E-state index contributed by atoms with van der Waals surface area (Å²) in [6, 6.07) is 24.9. The van der Waals surface area contributed by atoms with Gasteiger partial charge in [0.15, 0.2) is 0 Å². The SMILES string of the molecule is CNC(=O)c1c(-c2ccc(F)cc2)oc2cc(N(C)C)c(-c3cccc(-c4cc5c(F)cccc5s4)c3)cc12. The maximum absolute atomic E-state index is 14.4. The van der Waals surface area contributed by atoms with Crippen molar-refractivity contribution in [3.05, 3.63) is 102 Å². The number of benzene rings is 4. The summed E-state index contributed by atoms with van der Waals surface area (Å²) in [5, 5.41) is 3.98. The number of fused-ring (bicyclic) bond motifs is 2. The topological polar surface area (TPSA) is 45.5 Å². The summed E-state index contributed by atoms with van der Waals surface area (Å²) in [4.78, 5) is 16.0. The number of carbonyl (C=O) groups is 1. The van der Waals surface area contributed by atoms with Crippen molar-refractivity contribution >= 4 is 44.0 Å². The normalized spacial score (nSPS) is 11.3. The van der Waals surface area contributed by atoms with Crippen LogP contribution in [0.1, 0.15) is 10.4 Å². The Morgan fingerprint density at radius 2 is 1.59 bits per heavy atom. The number of hydrogen-bond acceptors (Lipinski definition) is 4. The van der Waals surface area contributed by atoms with E-state index in [0.717, 1.165) is 32.0 Å². The molecule has 0 spiro atoms. The van der Waals surface area contributed by atoms with Gasteiger partial charge >= 0.3 is 0 Å². The molecule has 0 unspecified atom stereocenters. The smallest absolute Gasteiger partial charge is 0.255 e. The first kappa shape index (κ1) is 24.8. The van der Waals surface area contributed by atoms with Crippen LogP contribution in [0.5, 0.6) is 0 Å². The fourth-order valence-electron chi connectivity index (χ4n) is 4.90. The van der Waals surface area contributed by atoms with E-state index in [1.54, 1.807) is 36.6 Å². The van der Waals surface area contributed by atoms with Gasteiger partial charge in [-0.05, 0) is 65.7 Å². The fourth-order valence-corrected chi connectivity index (χ4v) is 5.97. The molecule has 7 heteroatoms. The second kappa shape index (κ2) is 9.67. The van der Waals surface area contributed by atoms with Gasteiger partial charge in [0.05, 0.1) is 5.56 Å². The highest BCUT2D eigenvalue weighted by Gasteiger charge is 2.24. The number of furan rings is 1. The summed E-state index contributed by atoms with van der Waals surface area (Å²) in [6.45, 7) is 0. The van der Waals surface area contributed by atoms with E-state index < -0.39 is 0 Å². The molecule has 0 aliphatic carbocycles. The van der Waals surface area contributed by atoms with E-state index >= 15 is 0 Å². The minimum atomic E-state index is -0.366. The zero-order valence-electron chi connectivity index (χ0n) is 21.5. The van der Waals surface area contributed by atoms with E-state index in [2.05, 4.69) is 11.4 Å². The Bertz CT molecular complexity index is 1870. The van der Waals surface area contributed by atoms with Gasteiger partial charge in [0, 0.05) is 64.4 Å². The molecule has 6 aromatic rings. The minimum absolute atomic E-state index is 0.231. The van der Waals surface area contributed by atoms with Gasteiger partial charge in [0.1, 0.15) is 23.0 Å². The summed E-state index contributed by atoms with van der Waals surface area (Å²) in [5.74, 6) is -0.509. The van der Waals surface area contributed by atoms with Crippen LogP contribution in [0.3, 0.4) is 0 Å². The van der Waals surface area contributed by atoms with E-state index in [1.165, 1.54) is 18.2 Å². The molecule has 0 saturated carbocycles. The summed E-state index contributed by atoms with van der Waals surface area (Å²) in [6.07, 6.45) is 0. The molecule has 0 aliphatic heterocycles. The van der Waals surface area contributed by atoms with Crippen LogP contribution in [-0.4, -0.2) is 27.1 Å². The maximum atomic E-state index is 14.4. The van der Waals surface area contributed by atoms with Crippen LogP contribution >= 0.6 is 11.3 Å². The van der Waals surface area contributed by atoms with E-state index in [4.69, 9.17) is 4.42 Å². The zero-order valence-corrected chi connectivity index (χ0v) is 22.3. The predicted octanol–water partition coefficient (Wildman–Crippen LogP) is 8.35. The largest absolute Gasteiger partial charge is 0.455 e. The van der Waals surface area contributed by atoms with Crippen LogP contribution in [0.2, 0.25) is 0 Å². The second-order valence-corrected chi connectivity index (χ2v) is 10.6. The Labute approximate surface area is 228 Å². The number of carbonyl (C=O) groups excluding carboxylic acids is 1. The van der Waals surface area contributed by atoms with Gasteiger partial charge in [-0.2, -0.15) is 0 Å². The summed E-state index contributed by atoms with van der Waals surface area (Å²) >= 11 is 1.55. The number of rotatable bonds is 5. The van der Waals surface area contributed by atoms with Gasteiger partial charge in [-0.25, -0.2) is 8.78 Å². The summed E-state index contributed by atoms with van der Waals surface area (Å²) in [5.41, 5.74) is 5.30. The number of nitrogens with zero attached hydrogens (tertiary/aromatic N) is 1. The third kappa shape index (κ3) is 4.34. The molecule has 1 N–H and O–H groups in total. The Morgan fingerprint density at radius 3 is 2.31 bits per heavy atom. The molecule has 0 bridgehead atoms. The first-order valence-electron chi connectivity index (χ1n) is 12.4. The third-order valence-corrected chi connectivity index (χ3v) is 7.96. The lowest BCUT2D eigenvalue weighted by Gasteiger charge is -2.18. The Hall–Kier alpha value is -4.49.